The maximum absolute atomic E-state index is 12.1. The molecular weight excluding hydrogens is 215 g/mol. The molecule has 0 amide bonds. The van der Waals surface area contributed by atoms with E-state index < -0.39 is 17.2 Å². The van der Waals surface area contributed by atoms with Crippen LogP contribution in [0.2, 0.25) is 0 Å². The molecule has 0 bridgehead atoms. The van der Waals surface area contributed by atoms with Gasteiger partial charge in [0.15, 0.2) is 0 Å². The van der Waals surface area contributed by atoms with Crippen LogP contribution in [0.4, 0.5) is 13.2 Å². The minimum atomic E-state index is -4.36. The van der Waals surface area contributed by atoms with Crippen LogP contribution in [-0.2, 0) is 6.18 Å². The Morgan fingerprint density at radius 3 is 2.43 bits per heavy atom. The molecular formula is C8H8F3NOS. The summed E-state index contributed by atoms with van der Waals surface area (Å²) in [4.78, 5) is 3.57. The highest BCUT2D eigenvalue weighted by atomic mass is 32.2. The van der Waals surface area contributed by atoms with E-state index in [0.717, 1.165) is 24.0 Å². The summed E-state index contributed by atoms with van der Waals surface area (Å²) in [6.45, 7) is 1.52. The Hall–Kier alpha value is -0.750. The molecule has 0 aliphatic rings. The van der Waals surface area contributed by atoms with Crippen LogP contribution in [0.25, 0.3) is 0 Å². The van der Waals surface area contributed by atoms with Crippen molar-refractivity contribution in [1.82, 2.24) is 4.98 Å². The zero-order chi connectivity index (χ0) is 10.8. The molecule has 1 unspecified atom stereocenters. The quantitative estimate of drug-likeness (QED) is 0.617. The van der Waals surface area contributed by atoms with Gasteiger partial charge in [-0.05, 0) is 19.1 Å². The summed E-state index contributed by atoms with van der Waals surface area (Å²) in [7, 11) is 0. The topological polar surface area (TPSA) is 33.1 Å². The lowest BCUT2D eigenvalue weighted by atomic mass is 10.3. The summed E-state index contributed by atoms with van der Waals surface area (Å²) in [5.74, 6) is 0. The van der Waals surface area contributed by atoms with E-state index in [0.29, 0.717) is 5.03 Å². The van der Waals surface area contributed by atoms with Gasteiger partial charge < -0.3 is 5.11 Å². The number of nitrogens with zero attached hydrogens (tertiary/aromatic N) is 1. The van der Waals surface area contributed by atoms with E-state index in [1.165, 1.54) is 13.0 Å². The highest BCUT2D eigenvalue weighted by Gasteiger charge is 2.30. The second kappa shape index (κ2) is 4.18. The normalized spacial score (nSPS) is 14.1. The van der Waals surface area contributed by atoms with Gasteiger partial charge in [-0.15, -0.1) is 0 Å². The van der Waals surface area contributed by atoms with E-state index in [2.05, 4.69) is 4.98 Å². The Bertz CT molecular complexity index is 296. The fraction of sp³-hybridized carbons (Fsp3) is 0.375. The molecule has 14 heavy (non-hydrogen) atoms. The number of rotatable bonds is 2. The third-order valence-electron chi connectivity index (χ3n) is 1.35. The molecule has 0 spiro atoms. The Balaban J connectivity index is 2.79. The van der Waals surface area contributed by atoms with Crippen molar-refractivity contribution >= 4 is 11.8 Å². The van der Waals surface area contributed by atoms with Crippen LogP contribution in [0.15, 0.2) is 23.4 Å². The molecule has 1 atom stereocenters. The van der Waals surface area contributed by atoms with Gasteiger partial charge in [-0.3, -0.25) is 0 Å². The molecule has 1 aromatic rings. The number of thioether (sulfide) groups is 1. The Morgan fingerprint density at radius 2 is 2.07 bits per heavy atom. The first-order valence-electron chi connectivity index (χ1n) is 3.77. The van der Waals surface area contributed by atoms with Crippen LogP contribution >= 0.6 is 11.8 Å². The van der Waals surface area contributed by atoms with E-state index in [-0.39, 0.29) is 0 Å². The van der Waals surface area contributed by atoms with Crippen molar-refractivity contribution in [3.63, 3.8) is 0 Å². The largest absolute Gasteiger partial charge is 0.417 e. The van der Waals surface area contributed by atoms with Gasteiger partial charge in [-0.25, -0.2) is 4.98 Å². The first-order chi connectivity index (χ1) is 6.39. The molecule has 1 N–H and O–H groups in total. The maximum Gasteiger partial charge on any atom is 0.417 e. The third-order valence-corrected chi connectivity index (χ3v) is 2.18. The molecule has 1 heterocycles. The number of aromatic nitrogens is 1. The average molecular weight is 223 g/mol. The zero-order valence-corrected chi connectivity index (χ0v) is 8.06. The van der Waals surface area contributed by atoms with Gasteiger partial charge in [0, 0.05) is 6.20 Å². The summed E-state index contributed by atoms with van der Waals surface area (Å²) in [5, 5.41) is 9.30. The molecule has 78 valence electrons. The monoisotopic (exact) mass is 223 g/mol. The van der Waals surface area contributed by atoms with E-state index in [1.807, 2.05) is 0 Å². The van der Waals surface area contributed by atoms with Crippen LogP contribution in [0, 0.1) is 0 Å². The van der Waals surface area contributed by atoms with Gasteiger partial charge in [-0.1, -0.05) is 11.8 Å². The lowest BCUT2D eigenvalue weighted by Gasteiger charge is -2.07. The van der Waals surface area contributed by atoms with E-state index in [4.69, 9.17) is 5.11 Å². The summed E-state index contributed by atoms with van der Waals surface area (Å²) in [6.07, 6.45) is -3.61. The SMILES string of the molecule is CC(O)Sc1ccc(C(F)(F)F)cn1. The van der Waals surface area contributed by atoms with Crippen LogP contribution in [-0.4, -0.2) is 15.5 Å². The Kier molecular flexibility index (Phi) is 3.38. The summed E-state index contributed by atoms with van der Waals surface area (Å²) < 4.78 is 36.3. The fourth-order valence-corrected chi connectivity index (χ4v) is 1.40. The minimum absolute atomic E-state index is 0.369. The van der Waals surface area contributed by atoms with Crippen molar-refractivity contribution < 1.29 is 18.3 Å². The number of aliphatic hydroxyl groups is 1. The number of hydrogen-bond donors (Lipinski definition) is 1. The lowest BCUT2D eigenvalue weighted by Crippen LogP contribution is -2.05. The highest BCUT2D eigenvalue weighted by Crippen LogP contribution is 2.29. The van der Waals surface area contributed by atoms with Crippen molar-refractivity contribution in [2.24, 2.45) is 0 Å². The van der Waals surface area contributed by atoms with Crippen molar-refractivity contribution in [2.45, 2.75) is 23.6 Å². The van der Waals surface area contributed by atoms with Crippen molar-refractivity contribution in [1.29, 1.82) is 0 Å². The van der Waals surface area contributed by atoms with Gasteiger partial charge in [0.2, 0.25) is 0 Å². The van der Waals surface area contributed by atoms with Crippen LogP contribution in [0.3, 0.4) is 0 Å². The van der Waals surface area contributed by atoms with Crippen LogP contribution in [0.1, 0.15) is 12.5 Å². The van der Waals surface area contributed by atoms with Gasteiger partial charge >= 0.3 is 6.18 Å². The summed E-state index contributed by atoms with van der Waals surface area (Å²) in [5.41, 5.74) is -1.47. The smallest absolute Gasteiger partial charge is 0.382 e. The number of halogens is 3. The van der Waals surface area contributed by atoms with Crippen LogP contribution < -0.4 is 0 Å². The molecule has 2 nitrogen and oxygen atoms in total. The first kappa shape index (κ1) is 11.3. The number of aliphatic hydroxyl groups excluding tert-OH is 1. The summed E-state index contributed by atoms with van der Waals surface area (Å²) in [6, 6.07) is 2.18. The second-order valence-electron chi connectivity index (χ2n) is 2.60. The fourth-order valence-electron chi connectivity index (χ4n) is 0.792. The minimum Gasteiger partial charge on any atom is -0.382 e. The van der Waals surface area contributed by atoms with E-state index in [9.17, 15) is 13.2 Å². The molecule has 0 saturated carbocycles. The molecule has 0 fully saturated rings. The van der Waals surface area contributed by atoms with Crippen molar-refractivity contribution in [3.05, 3.63) is 23.9 Å². The number of pyridine rings is 1. The average Bonchev–Trinajstić information content (AvgIpc) is 2.02. The molecule has 1 aromatic heterocycles. The maximum atomic E-state index is 12.1. The zero-order valence-electron chi connectivity index (χ0n) is 7.25. The van der Waals surface area contributed by atoms with Crippen molar-refractivity contribution in [3.8, 4) is 0 Å². The lowest BCUT2D eigenvalue weighted by molar-refractivity contribution is -0.137. The molecule has 0 aliphatic heterocycles. The van der Waals surface area contributed by atoms with Crippen LogP contribution in [0.5, 0.6) is 0 Å². The standard InChI is InChI=1S/C8H8F3NOS/c1-5(13)14-7-3-2-6(4-12-7)8(9,10)11/h2-5,13H,1H3. The van der Waals surface area contributed by atoms with Crippen molar-refractivity contribution in [2.75, 3.05) is 0 Å². The molecule has 0 aromatic carbocycles. The predicted molar refractivity (Wildman–Crippen MR) is 46.8 cm³/mol. The van der Waals surface area contributed by atoms with E-state index >= 15 is 0 Å². The van der Waals surface area contributed by atoms with E-state index in [1.54, 1.807) is 0 Å². The van der Waals surface area contributed by atoms with Gasteiger partial charge in [0.1, 0.15) is 5.44 Å². The van der Waals surface area contributed by atoms with Gasteiger partial charge in [0.05, 0.1) is 10.6 Å². The molecule has 0 radical (unpaired) electrons. The van der Waals surface area contributed by atoms with Gasteiger partial charge in [-0.2, -0.15) is 13.2 Å². The Labute approximate surface area is 83.2 Å². The first-order valence-corrected chi connectivity index (χ1v) is 4.65. The number of alkyl halides is 3. The van der Waals surface area contributed by atoms with Gasteiger partial charge in [0.25, 0.3) is 0 Å². The number of hydrogen-bond acceptors (Lipinski definition) is 3. The molecule has 0 saturated heterocycles. The summed E-state index contributed by atoms with van der Waals surface area (Å²) >= 11 is 0.995. The predicted octanol–water partition coefficient (Wildman–Crippen LogP) is 2.53. The second-order valence-corrected chi connectivity index (χ2v) is 3.94. The molecule has 6 heteroatoms. The molecule has 0 aliphatic carbocycles. The highest BCUT2D eigenvalue weighted by molar-refractivity contribution is 7.99. The Morgan fingerprint density at radius 1 is 1.43 bits per heavy atom. The third kappa shape index (κ3) is 3.19. The molecule has 1 rings (SSSR count).